The van der Waals surface area contributed by atoms with Gasteiger partial charge in [0.15, 0.2) is 6.10 Å². The zero-order chi connectivity index (χ0) is 33.9. The Morgan fingerprint density at radius 1 is 1.17 bits per heavy atom. The summed E-state index contributed by atoms with van der Waals surface area (Å²) in [7, 11) is -4.07. The van der Waals surface area contributed by atoms with Gasteiger partial charge in [0.2, 0.25) is 5.91 Å². The number of hydrogen-bond acceptors (Lipinski definition) is 8. The largest absolute Gasteiger partial charge is 0.489 e. The van der Waals surface area contributed by atoms with Gasteiger partial charge in [0.05, 0.1) is 17.0 Å². The summed E-state index contributed by atoms with van der Waals surface area (Å²) in [4.78, 5) is 13.0. The molecule has 46 heavy (non-hydrogen) atoms. The Hall–Kier alpha value is -3.50. The van der Waals surface area contributed by atoms with Crippen molar-refractivity contribution in [2.24, 2.45) is 11.7 Å². The van der Waals surface area contributed by atoms with Crippen LogP contribution in [0.3, 0.4) is 0 Å². The number of carbonyl (C=O) groups is 1. The maximum atomic E-state index is 15.1. The minimum Gasteiger partial charge on any atom is -0.489 e. The highest BCUT2D eigenvalue weighted by molar-refractivity contribution is 7.91. The van der Waals surface area contributed by atoms with E-state index in [0.717, 1.165) is 18.2 Å². The molecule has 254 valence electrons. The highest BCUT2D eigenvalue weighted by Gasteiger charge is 2.36. The highest BCUT2D eigenvalue weighted by Crippen LogP contribution is 2.38. The smallest absolute Gasteiger partial charge is 0.419 e. The SMILES string of the molecule is CC(C)(N)S(=O)(=O)NC(=O)[C@@H]1CCCN(CC2=Cc3c(F)cc(OCc4ccc(OC(CF)CF)c(C(F)(F)F)c4)cc3OC2)C1. The predicted molar refractivity (Wildman–Crippen MR) is 157 cm³/mol. The van der Waals surface area contributed by atoms with E-state index in [4.69, 9.17) is 19.9 Å². The molecule has 0 spiro atoms. The van der Waals surface area contributed by atoms with Crippen molar-refractivity contribution in [2.75, 3.05) is 39.6 Å². The molecule has 4 rings (SSSR count). The molecular weight excluding hydrogens is 644 g/mol. The zero-order valence-electron chi connectivity index (χ0n) is 25.1. The number of nitrogens with zero attached hydrogens (tertiary/aromatic N) is 1. The lowest BCUT2D eigenvalue weighted by molar-refractivity contribution is -0.139. The topological polar surface area (TPSA) is 120 Å². The average molecular weight is 680 g/mol. The molecule has 2 aliphatic heterocycles. The molecule has 2 aromatic rings. The van der Waals surface area contributed by atoms with Crippen LogP contribution in [0.2, 0.25) is 0 Å². The molecule has 0 unspecified atom stereocenters. The Bertz CT molecular complexity index is 1560. The standard InChI is InChI=1S/C30H35F6N3O6S/c1-29(2,37)46(41,42)38-28(40)20-4-3-7-39(15-20)14-19-8-23-25(33)10-21(11-27(23)44-17-19)43-16-18-5-6-26(45-22(12-31)13-32)24(9-18)30(34,35)36/h5-6,8-11,20,22H,3-4,7,12-17,37H2,1-2H3,(H,38,40)/t20-/m1/s1. The van der Waals surface area contributed by atoms with Crippen molar-refractivity contribution in [3.63, 3.8) is 0 Å². The zero-order valence-corrected chi connectivity index (χ0v) is 25.9. The molecule has 0 radical (unpaired) electrons. The van der Waals surface area contributed by atoms with Gasteiger partial charge in [-0.2, -0.15) is 13.2 Å². The van der Waals surface area contributed by atoms with Crippen LogP contribution in [0.5, 0.6) is 17.2 Å². The molecule has 0 aromatic heterocycles. The second-order valence-electron chi connectivity index (χ2n) is 11.7. The molecule has 9 nitrogen and oxygen atoms in total. The normalized spacial score (nSPS) is 17.6. The van der Waals surface area contributed by atoms with Crippen LogP contribution in [0.1, 0.15) is 43.4 Å². The number of ether oxygens (including phenoxy) is 3. The quantitative estimate of drug-likeness (QED) is 0.309. The van der Waals surface area contributed by atoms with E-state index < -0.39 is 69.5 Å². The van der Waals surface area contributed by atoms with Crippen LogP contribution in [0.25, 0.3) is 6.08 Å². The maximum Gasteiger partial charge on any atom is 0.419 e. The molecule has 1 amide bonds. The molecular formula is C30H35F6N3O6S. The fourth-order valence-electron chi connectivity index (χ4n) is 4.91. The molecule has 1 saturated heterocycles. The molecule has 0 aliphatic carbocycles. The van der Waals surface area contributed by atoms with Gasteiger partial charge in [-0.3, -0.25) is 14.4 Å². The van der Waals surface area contributed by atoms with Gasteiger partial charge in [-0.15, -0.1) is 0 Å². The number of hydrogen-bond donors (Lipinski definition) is 2. The first kappa shape index (κ1) is 35.4. The second-order valence-corrected chi connectivity index (χ2v) is 14.0. The van der Waals surface area contributed by atoms with Gasteiger partial charge >= 0.3 is 6.18 Å². The lowest BCUT2D eigenvalue weighted by atomic mass is 9.96. The Morgan fingerprint density at radius 2 is 1.89 bits per heavy atom. The fraction of sp³-hybridized carbons (Fsp3) is 0.500. The number of carbonyl (C=O) groups excluding carboxylic acids is 1. The number of sulfonamides is 1. The molecule has 16 heteroatoms. The fourth-order valence-corrected chi connectivity index (χ4v) is 5.60. The number of nitrogens with two attached hydrogens (primary N) is 1. The summed E-state index contributed by atoms with van der Waals surface area (Å²) in [5, 5.41) is 0. The molecule has 2 aromatic carbocycles. The summed E-state index contributed by atoms with van der Waals surface area (Å²) in [5.41, 5.74) is 5.33. The van der Waals surface area contributed by atoms with Gasteiger partial charge < -0.3 is 19.9 Å². The van der Waals surface area contributed by atoms with Crippen molar-refractivity contribution in [1.29, 1.82) is 0 Å². The number of alkyl halides is 5. The Morgan fingerprint density at radius 3 is 2.54 bits per heavy atom. The Labute approximate surface area is 262 Å². The molecule has 2 aliphatic rings. The maximum absolute atomic E-state index is 15.1. The van der Waals surface area contributed by atoms with E-state index in [1.807, 2.05) is 4.90 Å². The van der Waals surface area contributed by atoms with Crippen LogP contribution in [-0.2, 0) is 27.6 Å². The number of benzene rings is 2. The number of halogens is 6. The van der Waals surface area contributed by atoms with E-state index >= 15 is 4.39 Å². The summed E-state index contributed by atoms with van der Waals surface area (Å²) >= 11 is 0. The summed E-state index contributed by atoms with van der Waals surface area (Å²) in [6, 6.07) is 5.39. The molecule has 1 fully saturated rings. The number of likely N-dealkylation sites (tertiary alicyclic amines) is 1. The number of amides is 1. The van der Waals surface area contributed by atoms with E-state index in [2.05, 4.69) is 4.72 Å². The van der Waals surface area contributed by atoms with Crippen LogP contribution >= 0.6 is 0 Å². The van der Waals surface area contributed by atoms with Gasteiger partial charge in [-0.1, -0.05) is 6.07 Å². The lowest BCUT2D eigenvalue weighted by Crippen LogP contribution is -2.53. The number of rotatable bonds is 12. The molecule has 1 atom stereocenters. The molecule has 0 bridgehead atoms. The Kier molecular flexibility index (Phi) is 10.8. The third-order valence-electron chi connectivity index (χ3n) is 7.45. The van der Waals surface area contributed by atoms with E-state index in [0.29, 0.717) is 31.5 Å². The minimum atomic E-state index is -4.87. The van der Waals surface area contributed by atoms with Crippen LogP contribution in [0, 0.1) is 11.7 Å². The minimum absolute atomic E-state index is 0.00241. The van der Waals surface area contributed by atoms with Crippen LogP contribution < -0.4 is 24.7 Å². The van der Waals surface area contributed by atoms with Crippen molar-refractivity contribution >= 4 is 22.0 Å². The van der Waals surface area contributed by atoms with Gasteiger partial charge in [0, 0.05) is 25.2 Å². The monoisotopic (exact) mass is 679 g/mol. The lowest BCUT2D eigenvalue weighted by Gasteiger charge is -2.33. The summed E-state index contributed by atoms with van der Waals surface area (Å²) in [6.45, 7) is 0.916. The van der Waals surface area contributed by atoms with Gasteiger partial charge in [0.25, 0.3) is 10.0 Å². The van der Waals surface area contributed by atoms with E-state index in [9.17, 15) is 35.2 Å². The summed E-state index contributed by atoms with van der Waals surface area (Å²) in [5.74, 6) is -2.48. The Balaban J connectivity index is 1.41. The first-order valence-corrected chi connectivity index (χ1v) is 15.8. The molecule has 2 heterocycles. The van der Waals surface area contributed by atoms with E-state index in [-0.39, 0.29) is 42.4 Å². The van der Waals surface area contributed by atoms with Crippen molar-refractivity contribution in [3.8, 4) is 17.2 Å². The van der Waals surface area contributed by atoms with E-state index in [1.54, 1.807) is 6.08 Å². The van der Waals surface area contributed by atoms with Gasteiger partial charge in [-0.25, -0.2) is 21.6 Å². The van der Waals surface area contributed by atoms with E-state index in [1.165, 1.54) is 26.0 Å². The van der Waals surface area contributed by atoms with Crippen molar-refractivity contribution in [2.45, 2.75) is 50.4 Å². The summed E-state index contributed by atoms with van der Waals surface area (Å²) < 4.78 is 124. The van der Waals surface area contributed by atoms with Crippen molar-refractivity contribution < 1.29 is 53.8 Å². The number of nitrogens with one attached hydrogen (secondary N) is 1. The van der Waals surface area contributed by atoms with Crippen molar-refractivity contribution in [1.82, 2.24) is 9.62 Å². The van der Waals surface area contributed by atoms with Crippen LogP contribution in [0.15, 0.2) is 35.9 Å². The first-order valence-electron chi connectivity index (χ1n) is 14.4. The average Bonchev–Trinajstić information content (AvgIpc) is 2.98. The van der Waals surface area contributed by atoms with Crippen LogP contribution in [-0.4, -0.2) is 69.8 Å². The van der Waals surface area contributed by atoms with Crippen LogP contribution in [0.4, 0.5) is 26.3 Å². The van der Waals surface area contributed by atoms with Gasteiger partial charge in [0.1, 0.15) is 54.5 Å². The summed E-state index contributed by atoms with van der Waals surface area (Å²) in [6.07, 6.45) is -3.80. The number of fused-ring (bicyclic) bond motifs is 1. The first-order chi connectivity index (χ1) is 21.5. The predicted octanol–water partition coefficient (Wildman–Crippen LogP) is 4.74. The molecule has 0 saturated carbocycles. The van der Waals surface area contributed by atoms with Gasteiger partial charge in [-0.05, 0) is 62.6 Å². The van der Waals surface area contributed by atoms with Crippen molar-refractivity contribution in [3.05, 3.63) is 58.4 Å². The highest BCUT2D eigenvalue weighted by atomic mass is 32.2. The third kappa shape index (κ3) is 8.64. The number of piperidine rings is 1. The third-order valence-corrected chi connectivity index (χ3v) is 9.31. The second kappa shape index (κ2) is 14.1. The molecule has 3 N–H and O–H groups in total.